The Labute approximate surface area is 193 Å². The topological polar surface area (TPSA) is 95.1 Å². The molecule has 1 aromatic heterocycles. The van der Waals surface area contributed by atoms with E-state index >= 15 is 0 Å². The fraction of sp³-hybridized carbons (Fsp3) is 0.286. The highest BCUT2D eigenvalue weighted by Gasteiger charge is 2.17. The van der Waals surface area contributed by atoms with Gasteiger partial charge in [0.2, 0.25) is 5.95 Å². The predicted octanol–water partition coefficient (Wildman–Crippen LogP) is 4.70. The maximum atomic E-state index is 14.2. The Morgan fingerprint density at radius 3 is 2.39 bits per heavy atom. The van der Waals surface area contributed by atoms with Crippen LogP contribution < -0.4 is 15.8 Å². The first-order chi connectivity index (χ1) is 13.9. The molecule has 3 N–H and O–H groups in total. The average molecular weight is 470 g/mol. The summed E-state index contributed by atoms with van der Waals surface area (Å²) in [6, 6.07) is 11.5. The summed E-state index contributed by atoms with van der Waals surface area (Å²) in [6.45, 7) is 6.27. The molecule has 0 atom stereocenters. The van der Waals surface area contributed by atoms with Gasteiger partial charge in [-0.2, -0.15) is 4.98 Å². The number of aromatic nitrogens is 3. The molecular weight excluding hydrogens is 444 g/mol. The lowest BCUT2D eigenvalue weighted by Gasteiger charge is -2.09. The SMILES string of the molecule is Cc1nc(NC(=O)c2cc(Oc3ccc(CCN)cc3)ccc2F)nn1C(C)C.Cl.Cl. The van der Waals surface area contributed by atoms with E-state index < -0.39 is 11.7 Å². The van der Waals surface area contributed by atoms with E-state index in [9.17, 15) is 9.18 Å². The zero-order chi connectivity index (χ0) is 21.0. The van der Waals surface area contributed by atoms with Crippen molar-refractivity contribution in [2.75, 3.05) is 11.9 Å². The van der Waals surface area contributed by atoms with Gasteiger partial charge in [-0.1, -0.05) is 12.1 Å². The molecular formula is C21H26Cl2FN5O2. The van der Waals surface area contributed by atoms with Gasteiger partial charge in [-0.3, -0.25) is 10.1 Å². The van der Waals surface area contributed by atoms with Gasteiger partial charge in [0.15, 0.2) is 0 Å². The summed E-state index contributed by atoms with van der Waals surface area (Å²) in [6.07, 6.45) is 0.779. The largest absolute Gasteiger partial charge is 0.457 e. The minimum Gasteiger partial charge on any atom is -0.457 e. The van der Waals surface area contributed by atoms with E-state index in [1.165, 1.54) is 18.2 Å². The fourth-order valence-corrected chi connectivity index (χ4v) is 2.88. The monoisotopic (exact) mass is 469 g/mol. The Morgan fingerprint density at radius 1 is 1.16 bits per heavy atom. The van der Waals surface area contributed by atoms with E-state index in [4.69, 9.17) is 10.5 Å². The van der Waals surface area contributed by atoms with Crippen molar-refractivity contribution in [1.82, 2.24) is 14.8 Å². The maximum absolute atomic E-state index is 14.2. The first-order valence-electron chi connectivity index (χ1n) is 9.38. The number of anilines is 1. The van der Waals surface area contributed by atoms with E-state index in [1.807, 2.05) is 26.0 Å². The number of carbonyl (C=O) groups excluding carboxylic acids is 1. The van der Waals surface area contributed by atoms with Crippen molar-refractivity contribution in [3.63, 3.8) is 0 Å². The van der Waals surface area contributed by atoms with Crippen LogP contribution in [0.5, 0.6) is 11.5 Å². The van der Waals surface area contributed by atoms with E-state index in [-0.39, 0.29) is 42.4 Å². The molecule has 0 aliphatic heterocycles. The van der Waals surface area contributed by atoms with Crippen LogP contribution >= 0.6 is 24.8 Å². The van der Waals surface area contributed by atoms with E-state index in [2.05, 4.69) is 15.4 Å². The number of benzene rings is 2. The van der Waals surface area contributed by atoms with Gasteiger partial charge < -0.3 is 10.5 Å². The summed E-state index contributed by atoms with van der Waals surface area (Å²) in [5.74, 6) is 0.408. The highest BCUT2D eigenvalue weighted by atomic mass is 35.5. The van der Waals surface area contributed by atoms with Crippen LogP contribution in [0, 0.1) is 12.7 Å². The molecule has 1 heterocycles. The molecule has 168 valence electrons. The molecule has 0 fully saturated rings. The van der Waals surface area contributed by atoms with Crippen LogP contribution in [0.3, 0.4) is 0 Å². The first kappa shape index (κ1) is 26.4. The van der Waals surface area contributed by atoms with Crippen LogP contribution in [0.15, 0.2) is 42.5 Å². The van der Waals surface area contributed by atoms with Gasteiger partial charge in [-0.25, -0.2) is 9.07 Å². The predicted molar refractivity (Wildman–Crippen MR) is 123 cm³/mol. The first-order valence-corrected chi connectivity index (χ1v) is 9.38. The number of halogens is 3. The molecule has 3 rings (SSSR count). The Kier molecular flexibility index (Phi) is 9.90. The van der Waals surface area contributed by atoms with Gasteiger partial charge in [0.05, 0.1) is 5.56 Å². The summed E-state index contributed by atoms with van der Waals surface area (Å²) in [4.78, 5) is 16.7. The Hall–Kier alpha value is -2.68. The minimum absolute atomic E-state index is 0. The van der Waals surface area contributed by atoms with E-state index in [0.29, 0.717) is 23.9 Å². The maximum Gasteiger partial charge on any atom is 0.261 e. The van der Waals surface area contributed by atoms with Crippen molar-refractivity contribution in [2.45, 2.75) is 33.2 Å². The molecule has 0 saturated carbocycles. The molecule has 31 heavy (non-hydrogen) atoms. The number of amides is 1. The average Bonchev–Trinajstić information content (AvgIpc) is 3.05. The summed E-state index contributed by atoms with van der Waals surface area (Å²) in [7, 11) is 0. The van der Waals surface area contributed by atoms with Crippen molar-refractivity contribution < 1.29 is 13.9 Å². The number of ether oxygens (including phenoxy) is 1. The third-order valence-corrected chi connectivity index (χ3v) is 4.29. The Balaban J connectivity index is 0.00000240. The smallest absolute Gasteiger partial charge is 0.261 e. The van der Waals surface area contributed by atoms with Gasteiger partial charge in [0.25, 0.3) is 5.91 Å². The lowest BCUT2D eigenvalue weighted by atomic mass is 10.1. The minimum atomic E-state index is -0.659. The molecule has 0 bridgehead atoms. The van der Waals surface area contributed by atoms with Crippen LogP contribution in [0.2, 0.25) is 0 Å². The van der Waals surface area contributed by atoms with Crippen molar-refractivity contribution in [3.05, 3.63) is 65.2 Å². The standard InChI is InChI=1S/C21H24FN5O2.2ClH/c1-13(2)27-14(3)24-21(26-27)25-20(28)18-12-17(8-9-19(18)22)29-16-6-4-15(5-7-16)10-11-23;;/h4-9,12-13H,10-11,23H2,1-3H3,(H,25,26,28);2*1H. The zero-order valence-corrected chi connectivity index (χ0v) is 19.1. The number of aryl methyl sites for hydroxylation is 1. The van der Waals surface area contributed by atoms with E-state index in [0.717, 1.165) is 12.0 Å². The van der Waals surface area contributed by atoms with Gasteiger partial charge >= 0.3 is 0 Å². The fourth-order valence-electron chi connectivity index (χ4n) is 2.88. The highest BCUT2D eigenvalue weighted by Crippen LogP contribution is 2.24. The zero-order valence-electron chi connectivity index (χ0n) is 17.5. The number of hydrogen-bond donors (Lipinski definition) is 2. The van der Waals surface area contributed by atoms with Gasteiger partial charge in [-0.15, -0.1) is 29.9 Å². The van der Waals surface area contributed by atoms with Crippen molar-refractivity contribution >= 4 is 36.7 Å². The van der Waals surface area contributed by atoms with Crippen LogP contribution in [-0.4, -0.2) is 27.2 Å². The molecule has 0 aliphatic rings. The van der Waals surface area contributed by atoms with Crippen LogP contribution in [-0.2, 0) is 6.42 Å². The van der Waals surface area contributed by atoms with Crippen molar-refractivity contribution in [2.24, 2.45) is 5.73 Å². The Bertz CT molecular complexity index is 1010. The molecule has 2 aromatic carbocycles. The number of nitrogens with one attached hydrogen (secondary N) is 1. The van der Waals surface area contributed by atoms with Crippen LogP contribution in [0.4, 0.5) is 10.3 Å². The second-order valence-corrected chi connectivity index (χ2v) is 6.90. The quantitative estimate of drug-likeness (QED) is 0.522. The summed E-state index contributed by atoms with van der Waals surface area (Å²) >= 11 is 0. The van der Waals surface area contributed by atoms with Crippen molar-refractivity contribution in [3.8, 4) is 11.5 Å². The highest BCUT2D eigenvalue weighted by molar-refractivity contribution is 6.03. The normalized spacial score (nSPS) is 10.3. The van der Waals surface area contributed by atoms with Crippen molar-refractivity contribution in [1.29, 1.82) is 0 Å². The molecule has 0 radical (unpaired) electrons. The molecule has 7 nitrogen and oxygen atoms in total. The molecule has 3 aromatic rings. The molecule has 1 amide bonds. The number of carbonyl (C=O) groups is 1. The second kappa shape index (κ2) is 11.6. The summed E-state index contributed by atoms with van der Waals surface area (Å²) in [5.41, 5.74) is 6.49. The summed E-state index contributed by atoms with van der Waals surface area (Å²) < 4.78 is 21.7. The molecule has 0 unspecified atom stereocenters. The van der Waals surface area contributed by atoms with Crippen LogP contribution in [0.25, 0.3) is 0 Å². The van der Waals surface area contributed by atoms with Crippen LogP contribution in [0.1, 0.15) is 41.6 Å². The third-order valence-electron chi connectivity index (χ3n) is 4.29. The number of rotatable bonds is 7. The number of nitrogens with zero attached hydrogens (tertiary/aromatic N) is 3. The lowest BCUT2D eigenvalue weighted by Crippen LogP contribution is -2.15. The molecule has 0 saturated heterocycles. The second-order valence-electron chi connectivity index (χ2n) is 6.90. The van der Waals surface area contributed by atoms with E-state index in [1.54, 1.807) is 23.7 Å². The Morgan fingerprint density at radius 2 is 1.81 bits per heavy atom. The summed E-state index contributed by atoms with van der Waals surface area (Å²) in [5, 5.41) is 6.77. The molecule has 0 spiro atoms. The van der Waals surface area contributed by atoms with Gasteiger partial charge in [0.1, 0.15) is 23.1 Å². The third kappa shape index (κ3) is 6.65. The lowest BCUT2D eigenvalue weighted by molar-refractivity contribution is 0.102. The number of hydrogen-bond acceptors (Lipinski definition) is 5. The molecule has 10 heteroatoms. The molecule has 0 aliphatic carbocycles. The number of nitrogens with two attached hydrogens (primary N) is 1. The van der Waals surface area contributed by atoms with Gasteiger partial charge in [-0.05, 0) is 69.6 Å². The van der Waals surface area contributed by atoms with Gasteiger partial charge in [0, 0.05) is 6.04 Å².